The van der Waals surface area contributed by atoms with E-state index in [2.05, 4.69) is 41.7 Å². The highest BCUT2D eigenvalue weighted by Crippen LogP contribution is 2.34. The van der Waals surface area contributed by atoms with E-state index in [1.165, 1.54) is 0 Å². The van der Waals surface area contributed by atoms with Gasteiger partial charge < -0.3 is 21.1 Å². The second kappa shape index (κ2) is 8.29. The van der Waals surface area contributed by atoms with E-state index in [-0.39, 0.29) is 17.8 Å². The summed E-state index contributed by atoms with van der Waals surface area (Å²) in [5, 5.41) is 12.1. The molecule has 3 aromatic heterocycles. The van der Waals surface area contributed by atoms with Crippen LogP contribution in [0.3, 0.4) is 0 Å². The molecule has 4 rings (SSSR count). The second-order valence-electron chi connectivity index (χ2n) is 7.98. The van der Waals surface area contributed by atoms with Gasteiger partial charge in [0.2, 0.25) is 5.88 Å². The number of nitrogens with two attached hydrogens (primary N) is 2. The zero-order valence-electron chi connectivity index (χ0n) is 18.2. The van der Waals surface area contributed by atoms with Crippen LogP contribution in [0.1, 0.15) is 44.0 Å². The molecule has 31 heavy (non-hydrogen) atoms. The maximum Gasteiger partial charge on any atom is 0.219 e. The molecule has 1 atom stereocenters. The van der Waals surface area contributed by atoms with Crippen molar-refractivity contribution < 1.29 is 5.11 Å². The minimum absolute atomic E-state index is 0.0834. The van der Waals surface area contributed by atoms with E-state index in [1.54, 1.807) is 4.40 Å². The number of rotatable bonds is 7. The number of hydrogen-bond acceptors (Lipinski definition) is 4. The normalized spacial score (nSPS) is 12.5. The van der Waals surface area contributed by atoms with Crippen LogP contribution in [0.5, 0.6) is 5.88 Å². The Hall–Kier alpha value is -3.55. The highest BCUT2D eigenvalue weighted by atomic mass is 16.3. The molecule has 1 unspecified atom stereocenters. The molecule has 4 aromatic rings. The SMILES string of the molecule is CCC(C)c1nc2c(CCCN=C(N)N)nc(-c3cn(C)c4ccccc34)cn2c1O. The Kier molecular flexibility index (Phi) is 5.54. The number of aromatic nitrogens is 4. The summed E-state index contributed by atoms with van der Waals surface area (Å²) in [4.78, 5) is 13.8. The van der Waals surface area contributed by atoms with E-state index in [4.69, 9.17) is 21.4 Å². The van der Waals surface area contributed by atoms with E-state index in [0.717, 1.165) is 40.7 Å². The molecule has 0 aliphatic heterocycles. The zero-order valence-corrected chi connectivity index (χ0v) is 18.2. The van der Waals surface area contributed by atoms with Crippen LogP contribution in [0, 0.1) is 0 Å². The molecule has 8 nitrogen and oxygen atoms in total. The fraction of sp³-hybridized carbons (Fsp3) is 0.348. The first-order valence-electron chi connectivity index (χ1n) is 10.6. The third kappa shape index (κ3) is 3.81. The minimum Gasteiger partial charge on any atom is -0.493 e. The minimum atomic E-state index is 0.0834. The Morgan fingerprint density at radius 3 is 2.71 bits per heavy atom. The molecule has 1 aromatic carbocycles. The second-order valence-corrected chi connectivity index (χ2v) is 7.98. The van der Waals surface area contributed by atoms with Gasteiger partial charge >= 0.3 is 0 Å². The van der Waals surface area contributed by atoms with Crippen molar-refractivity contribution in [2.45, 2.75) is 39.0 Å². The Bertz CT molecular complexity index is 1260. The molecule has 0 saturated carbocycles. The summed E-state index contributed by atoms with van der Waals surface area (Å²) in [5.74, 6) is 0.411. The maximum absolute atomic E-state index is 11.0. The highest BCUT2D eigenvalue weighted by molar-refractivity contribution is 5.95. The fourth-order valence-electron chi connectivity index (χ4n) is 3.94. The molecule has 0 saturated heterocycles. The van der Waals surface area contributed by atoms with Crippen molar-refractivity contribution in [2.24, 2.45) is 23.5 Å². The van der Waals surface area contributed by atoms with E-state index in [9.17, 15) is 5.11 Å². The van der Waals surface area contributed by atoms with Crippen molar-refractivity contribution in [2.75, 3.05) is 6.54 Å². The van der Waals surface area contributed by atoms with Gasteiger partial charge in [-0.3, -0.25) is 9.39 Å². The van der Waals surface area contributed by atoms with Gasteiger partial charge in [-0.2, -0.15) is 0 Å². The number of guanidine groups is 1. The highest BCUT2D eigenvalue weighted by Gasteiger charge is 2.21. The number of benzene rings is 1. The molecule has 5 N–H and O–H groups in total. The molecule has 162 valence electrons. The molecule has 0 amide bonds. The summed E-state index contributed by atoms with van der Waals surface area (Å²) in [6, 6.07) is 8.23. The van der Waals surface area contributed by atoms with Crippen LogP contribution in [0.15, 0.2) is 41.7 Å². The molecular weight excluding hydrogens is 390 g/mol. The molecule has 3 heterocycles. The summed E-state index contributed by atoms with van der Waals surface area (Å²) in [6.07, 6.45) is 6.22. The predicted molar refractivity (Wildman–Crippen MR) is 124 cm³/mol. The third-order valence-corrected chi connectivity index (χ3v) is 5.79. The van der Waals surface area contributed by atoms with Crippen LogP contribution in [0.4, 0.5) is 0 Å². The van der Waals surface area contributed by atoms with Crippen molar-refractivity contribution >= 4 is 22.5 Å². The number of imidazole rings is 1. The Balaban J connectivity index is 1.87. The summed E-state index contributed by atoms with van der Waals surface area (Å²) >= 11 is 0. The van der Waals surface area contributed by atoms with Gasteiger partial charge in [0.15, 0.2) is 11.6 Å². The number of aromatic hydroxyl groups is 1. The zero-order chi connectivity index (χ0) is 22.1. The van der Waals surface area contributed by atoms with E-state index < -0.39 is 0 Å². The lowest BCUT2D eigenvalue weighted by molar-refractivity contribution is 0.435. The first-order valence-corrected chi connectivity index (χ1v) is 10.6. The molecule has 0 aliphatic carbocycles. The van der Waals surface area contributed by atoms with E-state index in [1.807, 2.05) is 25.4 Å². The van der Waals surface area contributed by atoms with Gasteiger partial charge in [0.1, 0.15) is 5.69 Å². The van der Waals surface area contributed by atoms with Crippen LogP contribution in [0.2, 0.25) is 0 Å². The van der Waals surface area contributed by atoms with Gasteiger partial charge in [0, 0.05) is 48.4 Å². The summed E-state index contributed by atoms with van der Waals surface area (Å²) < 4.78 is 3.86. The predicted octanol–water partition coefficient (Wildman–Crippen LogP) is 3.31. The van der Waals surface area contributed by atoms with Crippen molar-refractivity contribution in [3.05, 3.63) is 48.0 Å². The molecular formula is C23H29N7O. The summed E-state index contributed by atoms with van der Waals surface area (Å²) in [7, 11) is 2.02. The molecule has 0 aliphatic rings. The Labute approximate surface area is 181 Å². The van der Waals surface area contributed by atoms with Crippen molar-refractivity contribution in [3.8, 4) is 17.1 Å². The maximum atomic E-state index is 11.0. The lowest BCUT2D eigenvalue weighted by atomic mass is 10.1. The number of para-hydroxylation sites is 1. The number of aliphatic imine (C=N–C) groups is 1. The van der Waals surface area contributed by atoms with E-state index in [0.29, 0.717) is 24.3 Å². The van der Waals surface area contributed by atoms with Crippen molar-refractivity contribution in [1.29, 1.82) is 0 Å². The van der Waals surface area contributed by atoms with Gasteiger partial charge in [-0.25, -0.2) is 9.97 Å². The largest absolute Gasteiger partial charge is 0.493 e. The monoisotopic (exact) mass is 419 g/mol. The molecule has 0 spiro atoms. The van der Waals surface area contributed by atoms with Gasteiger partial charge in [-0.15, -0.1) is 0 Å². The van der Waals surface area contributed by atoms with Gasteiger partial charge in [-0.05, 0) is 25.3 Å². The first kappa shape index (κ1) is 20.7. The van der Waals surface area contributed by atoms with Gasteiger partial charge in [-0.1, -0.05) is 32.0 Å². The van der Waals surface area contributed by atoms with Crippen LogP contribution >= 0.6 is 0 Å². The fourth-order valence-corrected chi connectivity index (χ4v) is 3.94. The quantitative estimate of drug-likeness (QED) is 0.241. The number of aryl methyl sites for hydroxylation is 2. The number of fused-ring (bicyclic) bond motifs is 2. The number of hydrogen-bond donors (Lipinski definition) is 3. The van der Waals surface area contributed by atoms with Crippen LogP contribution < -0.4 is 11.5 Å². The average Bonchev–Trinajstić information content (AvgIpc) is 3.28. The molecule has 0 radical (unpaired) electrons. The molecule has 0 fully saturated rings. The standard InChI is InChI=1S/C23H29N7O/c1-4-14(2)20-22(31)30-13-18(16-12-29(3)19-10-6-5-8-15(16)19)27-17(21(30)28-20)9-7-11-26-23(24)25/h5-6,8,10,12-14,31H,4,7,9,11H2,1-3H3,(H4,24,25,26). The summed E-state index contributed by atoms with van der Waals surface area (Å²) in [5.41, 5.74) is 16.0. The van der Waals surface area contributed by atoms with Crippen LogP contribution in [-0.2, 0) is 13.5 Å². The lowest BCUT2D eigenvalue weighted by Crippen LogP contribution is -2.23. The summed E-state index contributed by atoms with van der Waals surface area (Å²) in [6.45, 7) is 4.67. The third-order valence-electron chi connectivity index (χ3n) is 5.79. The smallest absolute Gasteiger partial charge is 0.219 e. The van der Waals surface area contributed by atoms with Gasteiger partial charge in [0.05, 0.1) is 11.4 Å². The Morgan fingerprint density at radius 2 is 1.97 bits per heavy atom. The first-order chi connectivity index (χ1) is 14.9. The van der Waals surface area contributed by atoms with Crippen molar-refractivity contribution in [3.63, 3.8) is 0 Å². The average molecular weight is 420 g/mol. The van der Waals surface area contributed by atoms with Gasteiger partial charge in [0.25, 0.3) is 0 Å². The van der Waals surface area contributed by atoms with Crippen molar-refractivity contribution in [1.82, 2.24) is 18.9 Å². The lowest BCUT2D eigenvalue weighted by Gasteiger charge is -2.07. The topological polar surface area (TPSA) is 120 Å². The van der Waals surface area contributed by atoms with Crippen LogP contribution in [0.25, 0.3) is 27.8 Å². The van der Waals surface area contributed by atoms with Crippen LogP contribution in [-0.4, -0.2) is 36.5 Å². The molecule has 8 heteroatoms. The number of nitrogens with zero attached hydrogens (tertiary/aromatic N) is 5. The molecule has 0 bridgehead atoms. The Morgan fingerprint density at radius 1 is 1.19 bits per heavy atom. The van der Waals surface area contributed by atoms with E-state index >= 15 is 0 Å².